The summed E-state index contributed by atoms with van der Waals surface area (Å²) in [5.41, 5.74) is 1.96. The molecule has 2 aromatic rings. The maximum atomic E-state index is 13.4. The van der Waals surface area contributed by atoms with Crippen molar-refractivity contribution in [2.45, 2.75) is 70.0 Å². The number of aromatic carboxylic acids is 1. The third-order valence-corrected chi connectivity index (χ3v) is 7.28. The summed E-state index contributed by atoms with van der Waals surface area (Å²) in [4.78, 5) is 27.4. The number of carboxylic acid groups (broad SMARTS) is 1. The van der Waals surface area contributed by atoms with Crippen molar-refractivity contribution in [2.75, 3.05) is 13.1 Å². The number of imidazole rings is 1. The Morgan fingerprint density at radius 2 is 1.82 bits per heavy atom. The molecule has 0 radical (unpaired) electrons. The fourth-order valence-corrected chi connectivity index (χ4v) is 5.85. The molecule has 1 aromatic carbocycles. The van der Waals surface area contributed by atoms with Gasteiger partial charge in [-0.15, -0.1) is 0 Å². The molecule has 150 valence electrons. The summed E-state index contributed by atoms with van der Waals surface area (Å²) >= 11 is 0. The number of hydrogen-bond acceptors (Lipinski definition) is 3. The van der Waals surface area contributed by atoms with Gasteiger partial charge in [0.25, 0.3) is 0 Å². The van der Waals surface area contributed by atoms with Gasteiger partial charge in [0.2, 0.25) is 0 Å². The topological polar surface area (TPSA) is 67.5 Å². The molecule has 0 spiro atoms. The molecule has 2 heterocycles. The number of carboxylic acids is 1. The van der Waals surface area contributed by atoms with Crippen LogP contribution >= 0.6 is 0 Å². The second-order valence-corrected chi connectivity index (χ2v) is 8.93. The summed E-state index contributed by atoms with van der Waals surface area (Å²) < 4.78 is 3.79. The molecule has 1 aromatic heterocycles. The molecule has 2 bridgehead atoms. The summed E-state index contributed by atoms with van der Waals surface area (Å²) in [7, 11) is 0. The van der Waals surface area contributed by atoms with Crippen molar-refractivity contribution >= 4 is 17.0 Å². The first-order valence-electron chi connectivity index (χ1n) is 10.8. The predicted octanol–water partition coefficient (Wildman–Crippen LogP) is 3.49. The molecular formula is C22H29N3O3. The number of fused-ring (bicyclic) bond motifs is 3. The van der Waals surface area contributed by atoms with Crippen LogP contribution in [-0.2, 0) is 6.54 Å². The Labute approximate surface area is 164 Å². The van der Waals surface area contributed by atoms with E-state index in [0.29, 0.717) is 12.6 Å². The highest BCUT2D eigenvalue weighted by Crippen LogP contribution is 2.37. The number of likely N-dealkylation sites (tertiary alicyclic amines) is 1. The monoisotopic (exact) mass is 383 g/mol. The molecule has 6 heteroatoms. The minimum absolute atomic E-state index is 0.0359. The third kappa shape index (κ3) is 2.98. The number of carbonyl (C=O) groups is 1. The lowest BCUT2D eigenvalue weighted by molar-refractivity contribution is 0.0697. The molecule has 3 fully saturated rings. The number of rotatable bonds is 5. The van der Waals surface area contributed by atoms with Crippen LogP contribution in [0.5, 0.6) is 0 Å². The van der Waals surface area contributed by atoms with E-state index < -0.39 is 5.97 Å². The highest BCUT2D eigenvalue weighted by molar-refractivity contribution is 5.92. The zero-order valence-corrected chi connectivity index (χ0v) is 16.3. The standard InChI is InChI=1S/C22H29N3O3/c26-21(27)16-7-9-19-20(13-16)24(11-10-23-14-15-6-8-18(23)12-15)22(28)25(19)17-4-2-1-3-5-17/h7,9,13,15,17-18H,1-6,8,10-12,14H2,(H,26,27)/t15-,18-/m0/s1. The first-order chi connectivity index (χ1) is 13.6. The van der Waals surface area contributed by atoms with Crippen LogP contribution in [-0.4, -0.2) is 44.2 Å². The molecule has 2 saturated carbocycles. The van der Waals surface area contributed by atoms with Crippen LogP contribution in [0.4, 0.5) is 0 Å². The molecule has 1 aliphatic heterocycles. The van der Waals surface area contributed by atoms with E-state index in [1.165, 1.54) is 25.7 Å². The normalized spacial score (nSPS) is 25.7. The van der Waals surface area contributed by atoms with Crippen LogP contribution in [0.15, 0.2) is 23.0 Å². The summed E-state index contributed by atoms with van der Waals surface area (Å²) in [6.45, 7) is 2.67. The van der Waals surface area contributed by atoms with Crippen molar-refractivity contribution in [1.82, 2.24) is 14.0 Å². The largest absolute Gasteiger partial charge is 0.478 e. The minimum atomic E-state index is -0.942. The summed E-state index contributed by atoms with van der Waals surface area (Å²) in [5, 5.41) is 9.43. The molecule has 1 N–H and O–H groups in total. The van der Waals surface area contributed by atoms with Gasteiger partial charge in [0, 0.05) is 31.7 Å². The minimum Gasteiger partial charge on any atom is -0.478 e. The van der Waals surface area contributed by atoms with Gasteiger partial charge in [-0.1, -0.05) is 19.3 Å². The van der Waals surface area contributed by atoms with Crippen molar-refractivity contribution in [3.63, 3.8) is 0 Å². The zero-order valence-electron chi connectivity index (χ0n) is 16.3. The lowest BCUT2D eigenvalue weighted by Crippen LogP contribution is -2.37. The first kappa shape index (κ1) is 18.0. The molecule has 28 heavy (non-hydrogen) atoms. The van der Waals surface area contributed by atoms with Gasteiger partial charge >= 0.3 is 11.7 Å². The molecule has 3 aliphatic rings. The van der Waals surface area contributed by atoms with E-state index in [1.54, 1.807) is 12.1 Å². The quantitative estimate of drug-likeness (QED) is 0.858. The van der Waals surface area contributed by atoms with Gasteiger partial charge in [-0.05, 0) is 56.2 Å². The van der Waals surface area contributed by atoms with E-state index >= 15 is 0 Å². The van der Waals surface area contributed by atoms with Gasteiger partial charge < -0.3 is 5.11 Å². The predicted molar refractivity (Wildman–Crippen MR) is 108 cm³/mol. The Hall–Kier alpha value is -2.08. The van der Waals surface area contributed by atoms with Crippen LogP contribution < -0.4 is 5.69 Å². The van der Waals surface area contributed by atoms with E-state index in [4.69, 9.17) is 0 Å². The molecule has 2 atom stereocenters. The van der Waals surface area contributed by atoms with Crippen molar-refractivity contribution in [3.05, 3.63) is 34.2 Å². The van der Waals surface area contributed by atoms with Gasteiger partial charge in [0.05, 0.1) is 16.6 Å². The van der Waals surface area contributed by atoms with Crippen molar-refractivity contribution in [1.29, 1.82) is 0 Å². The maximum absolute atomic E-state index is 13.4. The number of benzene rings is 1. The van der Waals surface area contributed by atoms with E-state index in [9.17, 15) is 14.7 Å². The van der Waals surface area contributed by atoms with Crippen LogP contribution in [0.2, 0.25) is 0 Å². The van der Waals surface area contributed by atoms with E-state index in [1.807, 2.05) is 15.2 Å². The Morgan fingerprint density at radius 1 is 1.00 bits per heavy atom. The number of piperidine rings is 1. The van der Waals surface area contributed by atoms with Crippen LogP contribution in [0, 0.1) is 5.92 Å². The van der Waals surface area contributed by atoms with Gasteiger partial charge in [-0.3, -0.25) is 14.0 Å². The van der Waals surface area contributed by atoms with E-state index in [0.717, 1.165) is 55.7 Å². The summed E-state index contributed by atoms with van der Waals surface area (Å²) in [6.07, 6.45) is 9.58. The van der Waals surface area contributed by atoms with Crippen LogP contribution in [0.25, 0.3) is 11.0 Å². The lowest BCUT2D eigenvalue weighted by atomic mass is 9.95. The summed E-state index contributed by atoms with van der Waals surface area (Å²) in [6, 6.07) is 6.08. The number of nitrogens with zero attached hydrogens (tertiary/aromatic N) is 3. The van der Waals surface area contributed by atoms with Crippen LogP contribution in [0.3, 0.4) is 0 Å². The molecule has 2 aliphatic carbocycles. The first-order valence-corrected chi connectivity index (χ1v) is 10.8. The lowest BCUT2D eigenvalue weighted by Gasteiger charge is -2.26. The third-order valence-electron chi connectivity index (χ3n) is 7.28. The molecule has 0 unspecified atom stereocenters. The Bertz CT molecular complexity index is 954. The van der Waals surface area contributed by atoms with Crippen LogP contribution in [0.1, 0.15) is 67.8 Å². The fraction of sp³-hybridized carbons (Fsp3) is 0.636. The Balaban J connectivity index is 1.52. The molecule has 1 saturated heterocycles. The van der Waals surface area contributed by atoms with Gasteiger partial charge in [-0.2, -0.15) is 0 Å². The molecular weight excluding hydrogens is 354 g/mol. The molecule has 0 amide bonds. The summed E-state index contributed by atoms with van der Waals surface area (Å²) in [5.74, 6) is -0.105. The van der Waals surface area contributed by atoms with Gasteiger partial charge in [0.15, 0.2) is 0 Å². The van der Waals surface area contributed by atoms with E-state index in [-0.39, 0.29) is 17.3 Å². The SMILES string of the molecule is O=C(O)c1ccc2c(c1)n(CCN1C[C@H]3CC[C@H]1C3)c(=O)n2C1CCCCC1. The smallest absolute Gasteiger partial charge is 0.335 e. The number of hydrogen-bond donors (Lipinski definition) is 1. The number of aromatic nitrogens is 2. The average Bonchev–Trinajstić information content (AvgIpc) is 3.39. The van der Waals surface area contributed by atoms with E-state index in [2.05, 4.69) is 4.90 Å². The zero-order chi connectivity index (χ0) is 19.3. The van der Waals surface area contributed by atoms with Gasteiger partial charge in [0.1, 0.15) is 0 Å². The van der Waals surface area contributed by atoms with Crippen molar-refractivity contribution < 1.29 is 9.90 Å². The maximum Gasteiger partial charge on any atom is 0.335 e. The highest BCUT2D eigenvalue weighted by Gasteiger charge is 2.37. The Morgan fingerprint density at radius 3 is 2.50 bits per heavy atom. The molecule has 6 nitrogen and oxygen atoms in total. The average molecular weight is 383 g/mol. The highest BCUT2D eigenvalue weighted by atomic mass is 16.4. The molecule has 5 rings (SSSR count). The second-order valence-electron chi connectivity index (χ2n) is 8.93. The van der Waals surface area contributed by atoms with Gasteiger partial charge in [-0.25, -0.2) is 9.59 Å². The van der Waals surface area contributed by atoms with Crippen molar-refractivity contribution in [3.8, 4) is 0 Å². The fourth-order valence-electron chi connectivity index (χ4n) is 5.85. The second kappa shape index (κ2) is 7.07. The Kier molecular flexibility index (Phi) is 4.54. The van der Waals surface area contributed by atoms with Crippen molar-refractivity contribution in [2.24, 2.45) is 5.92 Å².